The normalized spacial score (nSPS) is 15.2. The standard InChI is InChI=1S/C10H14O2/c1-7(2)5-9-10(8(3)4)12-6-11-9/h5H,3,6H2,1-2,4H3. The van der Waals surface area contributed by atoms with Crippen molar-refractivity contribution in [1.82, 2.24) is 0 Å². The summed E-state index contributed by atoms with van der Waals surface area (Å²) in [6.07, 6.45) is 1.96. The van der Waals surface area contributed by atoms with Gasteiger partial charge in [-0.1, -0.05) is 12.2 Å². The topological polar surface area (TPSA) is 18.5 Å². The molecule has 1 rings (SSSR count). The summed E-state index contributed by atoms with van der Waals surface area (Å²) >= 11 is 0. The monoisotopic (exact) mass is 166 g/mol. The number of hydrogen-bond acceptors (Lipinski definition) is 2. The Labute approximate surface area is 73.2 Å². The average molecular weight is 166 g/mol. The second-order valence-corrected chi connectivity index (χ2v) is 3.10. The van der Waals surface area contributed by atoms with Gasteiger partial charge < -0.3 is 9.47 Å². The van der Waals surface area contributed by atoms with Crippen molar-refractivity contribution >= 4 is 0 Å². The van der Waals surface area contributed by atoms with Crippen LogP contribution in [0, 0.1) is 0 Å². The van der Waals surface area contributed by atoms with Crippen LogP contribution in [0.2, 0.25) is 0 Å². The summed E-state index contributed by atoms with van der Waals surface area (Å²) in [5.41, 5.74) is 2.09. The molecule has 66 valence electrons. The Morgan fingerprint density at radius 1 is 1.33 bits per heavy atom. The lowest BCUT2D eigenvalue weighted by Gasteiger charge is -1.98. The summed E-state index contributed by atoms with van der Waals surface area (Å²) < 4.78 is 10.5. The van der Waals surface area contributed by atoms with Crippen molar-refractivity contribution in [3.8, 4) is 0 Å². The smallest absolute Gasteiger partial charge is 0.231 e. The van der Waals surface area contributed by atoms with Gasteiger partial charge in [-0.2, -0.15) is 0 Å². The maximum atomic E-state index is 5.26. The van der Waals surface area contributed by atoms with Crippen LogP contribution in [0.25, 0.3) is 0 Å². The van der Waals surface area contributed by atoms with Crippen molar-refractivity contribution in [3.63, 3.8) is 0 Å². The fourth-order valence-corrected chi connectivity index (χ4v) is 0.991. The molecule has 2 nitrogen and oxygen atoms in total. The van der Waals surface area contributed by atoms with E-state index in [0.29, 0.717) is 6.79 Å². The van der Waals surface area contributed by atoms with E-state index in [-0.39, 0.29) is 0 Å². The molecule has 0 saturated heterocycles. The maximum absolute atomic E-state index is 5.26. The first-order valence-corrected chi connectivity index (χ1v) is 3.92. The Bertz CT molecular complexity index is 255. The zero-order chi connectivity index (χ0) is 9.14. The molecule has 0 bridgehead atoms. The van der Waals surface area contributed by atoms with E-state index in [1.165, 1.54) is 5.57 Å². The molecule has 0 aromatic rings. The number of rotatable bonds is 2. The van der Waals surface area contributed by atoms with E-state index < -0.39 is 0 Å². The second-order valence-electron chi connectivity index (χ2n) is 3.10. The van der Waals surface area contributed by atoms with E-state index >= 15 is 0 Å². The first-order valence-electron chi connectivity index (χ1n) is 3.92. The van der Waals surface area contributed by atoms with Crippen molar-refractivity contribution in [3.05, 3.63) is 35.3 Å². The average Bonchev–Trinajstić information content (AvgIpc) is 2.33. The Kier molecular flexibility index (Phi) is 2.58. The summed E-state index contributed by atoms with van der Waals surface area (Å²) in [5.74, 6) is 1.57. The Balaban J connectivity index is 2.92. The van der Waals surface area contributed by atoms with Crippen LogP contribution in [0.4, 0.5) is 0 Å². The second kappa shape index (κ2) is 3.48. The molecule has 0 fully saturated rings. The molecule has 0 radical (unpaired) electrons. The number of ether oxygens (including phenoxy) is 2. The third-order valence-electron chi connectivity index (χ3n) is 1.45. The van der Waals surface area contributed by atoms with Crippen LogP contribution < -0.4 is 0 Å². The van der Waals surface area contributed by atoms with Crippen LogP contribution in [-0.2, 0) is 9.47 Å². The molecule has 0 amide bonds. The van der Waals surface area contributed by atoms with Gasteiger partial charge in [0.1, 0.15) is 0 Å². The third-order valence-corrected chi connectivity index (χ3v) is 1.45. The van der Waals surface area contributed by atoms with Gasteiger partial charge in [0.2, 0.25) is 6.79 Å². The molecule has 0 aromatic heterocycles. The molecule has 0 atom stereocenters. The van der Waals surface area contributed by atoms with Crippen LogP contribution in [0.15, 0.2) is 35.3 Å². The van der Waals surface area contributed by atoms with E-state index in [2.05, 4.69) is 6.58 Å². The van der Waals surface area contributed by atoms with Gasteiger partial charge in [-0.3, -0.25) is 0 Å². The maximum Gasteiger partial charge on any atom is 0.231 e. The van der Waals surface area contributed by atoms with Crippen molar-refractivity contribution in [2.45, 2.75) is 20.8 Å². The lowest BCUT2D eigenvalue weighted by molar-refractivity contribution is 0.0766. The quantitative estimate of drug-likeness (QED) is 0.628. The summed E-state index contributed by atoms with van der Waals surface area (Å²) in [4.78, 5) is 0. The fraction of sp³-hybridized carbons (Fsp3) is 0.400. The Morgan fingerprint density at radius 2 is 2.00 bits per heavy atom. The van der Waals surface area contributed by atoms with Gasteiger partial charge in [-0.15, -0.1) is 0 Å². The SMILES string of the molecule is C=C(C)C1=C(C=C(C)C)OCO1. The molecule has 0 spiro atoms. The predicted molar refractivity (Wildman–Crippen MR) is 48.3 cm³/mol. The molecule has 0 saturated carbocycles. The zero-order valence-corrected chi connectivity index (χ0v) is 7.81. The first kappa shape index (κ1) is 8.91. The highest BCUT2D eigenvalue weighted by molar-refractivity contribution is 5.32. The van der Waals surface area contributed by atoms with Gasteiger partial charge in [0.25, 0.3) is 0 Å². The third kappa shape index (κ3) is 1.91. The minimum atomic E-state index is 0.307. The van der Waals surface area contributed by atoms with Gasteiger partial charge in [0, 0.05) is 0 Å². The highest BCUT2D eigenvalue weighted by Gasteiger charge is 2.15. The minimum Gasteiger partial charge on any atom is -0.454 e. The van der Waals surface area contributed by atoms with Gasteiger partial charge in [-0.05, 0) is 32.4 Å². The van der Waals surface area contributed by atoms with E-state index in [4.69, 9.17) is 9.47 Å². The lowest BCUT2D eigenvalue weighted by Crippen LogP contribution is -1.85. The highest BCUT2D eigenvalue weighted by atomic mass is 16.7. The zero-order valence-electron chi connectivity index (χ0n) is 7.81. The molecule has 1 aliphatic heterocycles. The number of hydrogen-bond donors (Lipinski definition) is 0. The summed E-state index contributed by atoms with van der Waals surface area (Å²) in [6.45, 7) is 10.1. The molecule has 2 heteroatoms. The summed E-state index contributed by atoms with van der Waals surface area (Å²) in [5, 5.41) is 0. The molecule has 1 aliphatic rings. The highest BCUT2D eigenvalue weighted by Crippen LogP contribution is 2.23. The van der Waals surface area contributed by atoms with Crippen LogP contribution in [-0.4, -0.2) is 6.79 Å². The van der Waals surface area contributed by atoms with Crippen LogP contribution >= 0.6 is 0 Å². The van der Waals surface area contributed by atoms with Gasteiger partial charge >= 0.3 is 0 Å². The molecule has 0 aliphatic carbocycles. The van der Waals surface area contributed by atoms with Gasteiger partial charge in [0.15, 0.2) is 11.5 Å². The van der Waals surface area contributed by atoms with Crippen LogP contribution in [0.3, 0.4) is 0 Å². The number of allylic oxidation sites excluding steroid dienone is 3. The van der Waals surface area contributed by atoms with Crippen LogP contribution in [0.1, 0.15) is 20.8 Å². The van der Waals surface area contributed by atoms with Crippen molar-refractivity contribution in [2.24, 2.45) is 0 Å². The van der Waals surface area contributed by atoms with Gasteiger partial charge in [-0.25, -0.2) is 0 Å². The van der Waals surface area contributed by atoms with Gasteiger partial charge in [0.05, 0.1) is 0 Å². The van der Waals surface area contributed by atoms with E-state index in [1.807, 2.05) is 26.8 Å². The molecule has 0 aromatic carbocycles. The largest absolute Gasteiger partial charge is 0.454 e. The fourth-order valence-electron chi connectivity index (χ4n) is 0.991. The van der Waals surface area contributed by atoms with E-state index in [9.17, 15) is 0 Å². The molecule has 12 heavy (non-hydrogen) atoms. The Hall–Kier alpha value is -1.18. The molecular weight excluding hydrogens is 152 g/mol. The minimum absolute atomic E-state index is 0.307. The molecule has 0 N–H and O–H groups in total. The molecular formula is C10H14O2. The molecule has 0 unspecified atom stereocenters. The van der Waals surface area contributed by atoms with E-state index in [0.717, 1.165) is 17.1 Å². The van der Waals surface area contributed by atoms with E-state index in [1.54, 1.807) is 0 Å². The Morgan fingerprint density at radius 3 is 2.50 bits per heavy atom. The van der Waals surface area contributed by atoms with Crippen LogP contribution in [0.5, 0.6) is 0 Å². The predicted octanol–water partition coefficient (Wildman–Crippen LogP) is 2.74. The van der Waals surface area contributed by atoms with Crippen molar-refractivity contribution in [2.75, 3.05) is 6.79 Å². The summed E-state index contributed by atoms with van der Waals surface area (Å²) in [7, 11) is 0. The summed E-state index contributed by atoms with van der Waals surface area (Å²) in [6, 6.07) is 0. The van der Waals surface area contributed by atoms with Crippen molar-refractivity contribution < 1.29 is 9.47 Å². The van der Waals surface area contributed by atoms with Crippen molar-refractivity contribution in [1.29, 1.82) is 0 Å². The lowest BCUT2D eigenvalue weighted by atomic mass is 10.2. The molecule has 1 heterocycles. The first-order chi connectivity index (χ1) is 5.61.